The molecule has 1 nitrogen and oxygen atoms in total. The Labute approximate surface area is 89.9 Å². The topological polar surface area (TPSA) is 17.1 Å². The highest BCUT2D eigenvalue weighted by Crippen LogP contribution is 2.25. The van der Waals surface area contributed by atoms with E-state index in [0.717, 1.165) is 5.56 Å². The number of carbonyl (C=O) groups is 1. The fourth-order valence-corrected chi connectivity index (χ4v) is 1.71. The molecule has 0 N–H and O–H groups in total. The minimum Gasteiger partial charge on any atom is -0.294 e. The van der Waals surface area contributed by atoms with Crippen molar-refractivity contribution >= 4 is 17.5 Å². The first-order chi connectivity index (χ1) is 6.69. The molecule has 0 bridgehead atoms. The summed E-state index contributed by atoms with van der Waals surface area (Å²) in [6, 6.07) is 7.94. The van der Waals surface area contributed by atoms with Crippen LogP contribution in [-0.2, 0) is 0 Å². The Morgan fingerprint density at radius 2 is 1.93 bits per heavy atom. The molecular weight excluding hydrogens is 192 g/mol. The van der Waals surface area contributed by atoms with E-state index < -0.39 is 0 Å². The molecule has 0 amide bonds. The smallest absolute Gasteiger partial charge is 0.162 e. The monoisotopic (exact) mass is 208 g/mol. The Balaban J connectivity index is 2.83. The van der Waals surface area contributed by atoms with Gasteiger partial charge in [-0.1, -0.05) is 31.2 Å². The van der Waals surface area contributed by atoms with E-state index in [2.05, 4.69) is 13.2 Å². The Morgan fingerprint density at radius 3 is 2.36 bits per heavy atom. The van der Waals surface area contributed by atoms with E-state index in [0.29, 0.717) is 11.7 Å². The van der Waals surface area contributed by atoms with Crippen LogP contribution in [-0.4, -0.2) is 12.0 Å². The van der Waals surface area contributed by atoms with Gasteiger partial charge >= 0.3 is 0 Å². The molecule has 0 fully saturated rings. The third kappa shape index (κ3) is 2.61. The van der Waals surface area contributed by atoms with Gasteiger partial charge in [0.05, 0.1) is 0 Å². The molecule has 2 heteroatoms. The number of carbonyl (C=O) groups excluding carboxylic acids is 1. The van der Waals surface area contributed by atoms with Gasteiger partial charge in [0.2, 0.25) is 0 Å². The molecule has 1 aromatic rings. The van der Waals surface area contributed by atoms with Crippen LogP contribution in [0.15, 0.2) is 24.3 Å². The van der Waals surface area contributed by atoms with Crippen LogP contribution in [0, 0.1) is 0 Å². The number of rotatable bonds is 4. The first-order valence-electron chi connectivity index (χ1n) is 4.85. The molecule has 0 aliphatic rings. The lowest BCUT2D eigenvalue weighted by Gasteiger charge is -2.08. The molecule has 0 radical (unpaired) electrons. The van der Waals surface area contributed by atoms with Crippen LogP contribution in [0.4, 0.5) is 0 Å². The van der Waals surface area contributed by atoms with Crippen LogP contribution >= 0.6 is 11.8 Å². The van der Waals surface area contributed by atoms with Crippen molar-refractivity contribution in [2.75, 3.05) is 6.26 Å². The van der Waals surface area contributed by atoms with Crippen molar-refractivity contribution < 1.29 is 4.79 Å². The second kappa shape index (κ2) is 5.20. The predicted molar refractivity (Wildman–Crippen MR) is 63.0 cm³/mol. The minimum atomic E-state index is 0.216. The van der Waals surface area contributed by atoms with E-state index in [9.17, 15) is 4.79 Å². The maximum absolute atomic E-state index is 11.4. The van der Waals surface area contributed by atoms with Gasteiger partial charge in [-0.2, -0.15) is 11.8 Å². The van der Waals surface area contributed by atoms with E-state index in [1.54, 1.807) is 0 Å². The molecule has 0 saturated carbocycles. The molecule has 0 saturated heterocycles. The Kier molecular flexibility index (Phi) is 4.21. The summed E-state index contributed by atoms with van der Waals surface area (Å²) in [4.78, 5) is 11.4. The zero-order valence-electron chi connectivity index (χ0n) is 8.91. The molecule has 1 atom stereocenters. The number of hydrogen-bond acceptors (Lipinski definition) is 2. The van der Waals surface area contributed by atoms with Crippen LogP contribution in [0.2, 0.25) is 0 Å². The van der Waals surface area contributed by atoms with Crippen LogP contribution in [0.25, 0.3) is 0 Å². The maximum atomic E-state index is 11.4. The van der Waals surface area contributed by atoms with Crippen molar-refractivity contribution in [2.24, 2.45) is 0 Å². The highest BCUT2D eigenvalue weighted by Gasteiger charge is 2.05. The first-order valence-corrected chi connectivity index (χ1v) is 6.13. The van der Waals surface area contributed by atoms with Gasteiger partial charge in [-0.25, -0.2) is 0 Å². The summed E-state index contributed by atoms with van der Waals surface area (Å²) >= 11 is 1.81. The van der Waals surface area contributed by atoms with E-state index in [-0.39, 0.29) is 5.78 Å². The number of hydrogen-bond donors (Lipinski definition) is 0. The molecule has 0 aromatic heterocycles. The summed E-state index contributed by atoms with van der Waals surface area (Å²) in [7, 11) is 0. The molecule has 76 valence electrons. The van der Waals surface area contributed by atoms with Crippen molar-refractivity contribution in [1.82, 2.24) is 0 Å². The average Bonchev–Trinajstić information content (AvgIpc) is 2.27. The lowest BCUT2D eigenvalue weighted by Crippen LogP contribution is -1.96. The number of benzene rings is 1. The second-order valence-corrected chi connectivity index (χ2v) is 4.46. The number of ketones is 1. The highest BCUT2D eigenvalue weighted by molar-refractivity contribution is 7.98. The van der Waals surface area contributed by atoms with Crippen LogP contribution in [0.3, 0.4) is 0 Å². The minimum absolute atomic E-state index is 0.216. The fourth-order valence-electron chi connectivity index (χ4n) is 1.28. The Bertz CT molecular complexity index is 303. The average molecular weight is 208 g/mol. The molecule has 1 unspecified atom stereocenters. The summed E-state index contributed by atoms with van der Waals surface area (Å²) in [5.74, 6) is 0.216. The van der Waals surface area contributed by atoms with Crippen molar-refractivity contribution in [3.63, 3.8) is 0 Å². The molecule has 1 aromatic carbocycles. The van der Waals surface area contributed by atoms with Crippen molar-refractivity contribution in [1.29, 1.82) is 0 Å². The van der Waals surface area contributed by atoms with Gasteiger partial charge in [0, 0.05) is 17.2 Å². The van der Waals surface area contributed by atoms with Gasteiger partial charge < -0.3 is 0 Å². The molecule has 14 heavy (non-hydrogen) atoms. The van der Waals surface area contributed by atoms with Gasteiger partial charge in [0.15, 0.2) is 5.78 Å². The summed E-state index contributed by atoms with van der Waals surface area (Å²) in [5.41, 5.74) is 2.11. The maximum Gasteiger partial charge on any atom is 0.162 e. The lowest BCUT2D eigenvalue weighted by molar-refractivity contribution is 0.0988. The van der Waals surface area contributed by atoms with Crippen molar-refractivity contribution in [2.45, 2.75) is 25.5 Å². The number of thioether (sulfide) groups is 1. The van der Waals surface area contributed by atoms with Gasteiger partial charge in [-0.15, -0.1) is 0 Å². The highest BCUT2D eigenvalue weighted by atomic mass is 32.2. The van der Waals surface area contributed by atoms with Crippen LogP contribution in [0.1, 0.15) is 41.4 Å². The summed E-state index contributed by atoms with van der Waals surface area (Å²) < 4.78 is 0. The van der Waals surface area contributed by atoms with E-state index in [1.807, 2.05) is 43.0 Å². The first kappa shape index (κ1) is 11.3. The van der Waals surface area contributed by atoms with Crippen molar-refractivity contribution in [3.8, 4) is 0 Å². The standard InChI is InChI=1S/C12H16OS/c1-4-12(13)11-7-5-10(6-8-11)9(2)14-3/h5-9H,4H2,1-3H3. The summed E-state index contributed by atoms with van der Waals surface area (Å²) in [6.45, 7) is 4.06. The van der Waals surface area contributed by atoms with Crippen LogP contribution < -0.4 is 0 Å². The SMILES string of the molecule is CCC(=O)c1ccc(C(C)SC)cc1. The summed E-state index contributed by atoms with van der Waals surface area (Å²) in [6.07, 6.45) is 2.67. The van der Waals surface area contributed by atoms with E-state index in [4.69, 9.17) is 0 Å². The second-order valence-electron chi connectivity index (χ2n) is 3.28. The van der Waals surface area contributed by atoms with E-state index >= 15 is 0 Å². The zero-order valence-corrected chi connectivity index (χ0v) is 9.73. The Hall–Kier alpha value is -0.760. The fraction of sp³-hybridized carbons (Fsp3) is 0.417. The normalized spacial score (nSPS) is 12.5. The van der Waals surface area contributed by atoms with Crippen molar-refractivity contribution in [3.05, 3.63) is 35.4 Å². The number of Topliss-reactive ketones (excluding diaryl/α,β-unsaturated/α-hetero) is 1. The largest absolute Gasteiger partial charge is 0.294 e. The van der Waals surface area contributed by atoms with Gasteiger partial charge in [0.1, 0.15) is 0 Å². The predicted octanol–water partition coefficient (Wildman–Crippen LogP) is 3.70. The molecule has 0 aliphatic carbocycles. The van der Waals surface area contributed by atoms with E-state index in [1.165, 1.54) is 5.56 Å². The molecular formula is C12H16OS. The van der Waals surface area contributed by atoms with Gasteiger partial charge in [-0.3, -0.25) is 4.79 Å². The van der Waals surface area contributed by atoms with Gasteiger partial charge in [0.25, 0.3) is 0 Å². The quantitative estimate of drug-likeness (QED) is 0.702. The Morgan fingerprint density at radius 1 is 1.36 bits per heavy atom. The third-order valence-corrected chi connectivity index (χ3v) is 3.36. The third-order valence-electron chi connectivity index (χ3n) is 2.38. The zero-order chi connectivity index (χ0) is 10.6. The van der Waals surface area contributed by atoms with Gasteiger partial charge in [-0.05, 0) is 18.7 Å². The lowest BCUT2D eigenvalue weighted by atomic mass is 10.1. The molecule has 0 spiro atoms. The molecule has 0 heterocycles. The molecule has 1 rings (SSSR count). The van der Waals surface area contributed by atoms with Crippen LogP contribution in [0.5, 0.6) is 0 Å². The molecule has 0 aliphatic heterocycles. The summed E-state index contributed by atoms with van der Waals surface area (Å²) in [5, 5.41) is 0.501.